The van der Waals surface area contributed by atoms with Gasteiger partial charge in [-0.25, -0.2) is 4.79 Å². The third kappa shape index (κ3) is 3.63. The first-order valence-electron chi connectivity index (χ1n) is 9.02. The fourth-order valence-corrected chi connectivity index (χ4v) is 3.09. The van der Waals surface area contributed by atoms with Gasteiger partial charge in [0.05, 0.1) is 18.8 Å². The van der Waals surface area contributed by atoms with Gasteiger partial charge in [-0.2, -0.15) is 0 Å². The monoisotopic (exact) mass is 358 g/mol. The van der Waals surface area contributed by atoms with E-state index < -0.39 is 0 Å². The highest BCUT2D eigenvalue weighted by atomic mass is 16.6. The summed E-state index contributed by atoms with van der Waals surface area (Å²) in [5, 5.41) is 0. The molecule has 0 saturated carbocycles. The minimum Gasteiger partial charge on any atom is -0.423 e. The zero-order chi connectivity index (χ0) is 18.2. The van der Waals surface area contributed by atoms with E-state index in [1.165, 1.54) is 5.56 Å². The van der Waals surface area contributed by atoms with E-state index in [-0.39, 0.29) is 18.2 Å². The first kappa shape index (κ1) is 16.2. The van der Waals surface area contributed by atoms with Gasteiger partial charge in [0, 0.05) is 0 Å². The number of ether oxygens (including phenoxy) is 3. The fourth-order valence-electron chi connectivity index (χ4n) is 3.09. The summed E-state index contributed by atoms with van der Waals surface area (Å²) < 4.78 is 16.0. The maximum absolute atomic E-state index is 12.4. The molecule has 2 atom stereocenters. The van der Waals surface area contributed by atoms with Crippen molar-refractivity contribution in [1.29, 1.82) is 0 Å². The van der Waals surface area contributed by atoms with Crippen LogP contribution in [0.4, 0.5) is 0 Å². The predicted molar refractivity (Wildman–Crippen MR) is 101 cm³/mol. The third-order valence-electron chi connectivity index (χ3n) is 4.87. The number of carbonyl (C=O) groups is 1. The maximum atomic E-state index is 12.4. The number of epoxide rings is 2. The molecule has 0 spiro atoms. The van der Waals surface area contributed by atoms with Crippen molar-refractivity contribution in [2.24, 2.45) is 0 Å². The summed E-state index contributed by atoms with van der Waals surface area (Å²) in [6, 6.07) is 23.3. The van der Waals surface area contributed by atoms with Crippen molar-refractivity contribution in [2.75, 3.05) is 13.2 Å². The molecule has 4 heteroatoms. The van der Waals surface area contributed by atoms with Crippen LogP contribution >= 0.6 is 0 Å². The first-order chi connectivity index (χ1) is 13.3. The van der Waals surface area contributed by atoms with Gasteiger partial charge in [-0.1, -0.05) is 48.5 Å². The Bertz CT molecular complexity index is 951. The Morgan fingerprint density at radius 3 is 1.63 bits per heavy atom. The number of hydrogen-bond acceptors (Lipinski definition) is 4. The third-order valence-corrected chi connectivity index (χ3v) is 4.87. The molecule has 2 fully saturated rings. The molecule has 0 aromatic heterocycles. The van der Waals surface area contributed by atoms with Crippen LogP contribution < -0.4 is 4.74 Å². The van der Waals surface area contributed by atoms with E-state index >= 15 is 0 Å². The Labute approximate surface area is 157 Å². The Hall–Kier alpha value is -2.95. The summed E-state index contributed by atoms with van der Waals surface area (Å²) in [6.45, 7) is 1.58. The number of rotatable bonds is 5. The summed E-state index contributed by atoms with van der Waals surface area (Å²) in [5.74, 6) is 0.171. The number of hydrogen-bond donors (Lipinski definition) is 0. The molecular weight excluding hydrogens is 340 g/mol. The molecule has 0 radical (unpaired) electrons. The lowest BCUT2D eigenvalue weighted by atomic mass is 10.0. The molecule has 27 heavy (non-hydrogen) atoms. The van der Waals surface area contributed by atoms with E-state index in [0.717, 1.165) is 29.9 Å². The standard InChI is InChI=1S/C23H18O4/c24-23(27-20-11-9-18(10-12-20)22-14-26-22)19-7-3-16(4-8-19)15-1-5-17(6-2-15)21-13-25-21/h1-12,21-22H,13-14H2. The number of carbonyl (C=O) groups excluding carboxylic acids is 1. The van der Waals surface area contributed by atoms with Crippen LogP contribution in [0, 0.1) is 0 Å². The molecule has 2 aliphatic heterocycles. The molecule has 2 saturated heterocycles. The van der Waals surface area contributed by atoms with Crippen LogP contribution in [0.3, 0.4) is 0 Å². The van der Waals surface area contributed by atoms with Gasteiger partial charge in [-0.05, 0) is 46.5 Å². The Morgan fingerprint density at radius 2 is 1.15 bits per heavy atom. The predicted octanol–water partition coefficient (Wildman–Crippen LogP) is 4.72. The SMILES string of the molecule is O=C(Oc1ccc(C2CO2)cc1)c1ccc(-c2ccc(C3CO3)cc2)cc1. The van der Waals surface area contributed by atoms with Crippen LogP contribution in [0.15, 0.2) is 72.8 Å². The highest BCUT2D eigenvalue weighted by molar-refractivity contribution is 5.91. The van der Waals surface area contributed by atoms with Crippen molar-refractivity contribution >= 4 is 5.97 Å². The van der Waals surface area contributed by atoms with Crippen molar-refractivity contribution in [3.05, 3.63) is 89.5 Å². The minimum absolute atomic E-state index is 0.202. The normalized spacial score (nSPS) is 20.1. The smallest absolute Gasteiger partial charge is 0.343 e. The van der Waals surface area contributed by atoms with E-state index in [4.69, 9.17) is 14.2 Å². The maximum Gasteiger partial charge on any atom is 0.343 e. The van der Waals surface area contributed by atoms with Gasteiger partial charge in [-0.15, -0.1) is 0 Å². The van der Waals surface area contributed by atoms with Gasteiger partial charge in [0.2, 0.25) is 0 Å². The highest BCUT2D eigenvalue weighted by Crippen LogP contribution is 2.32. The van der Waals surface area contributed by atoms with Gasteiger partial charge < -0.3 is 14.2 Å². The van der Waals surface area contributed by atoms with Crippen molar-refractivity contribution in [3.63, 3.8) is 0 Å². The molecule has 3 aromatic carbocycles. The molecule has 2 aliphatic rings. The van der Waals surface area contributed by atoms with Crippen LogP contribution in [0.1, 0.15) is 33.7 Å². The lowest BCUT2D eigenvalue weighted by Crippen LogP contribution is -2.08. The Morgan fingerprint density at radius 1 is 0.704 bits per heavy atom. The van der Waals surface area contributed by atoms with Gasteiger partial charge in [0.15, 0.2) is 0 Å². The molecule has 5 rings (SSSR count). The highest BCUT2D eigenvalue weighted by Gasteiger charge is 2.25. The number of esters is 1. The average Bonchev–Trinajstić information content (AvgIpc) is 3.62. The van der Waals surface area contributed by atoms with Gasteiger partial charge in [0.1, 0.15) is 18.0 Å². The van der Waals surface area contributed by atoms with E-state index in [0.29, 0.717) is 11.3 Å². The van der Waals surface area contributed by atoms with Crippen LogP contribution in [-0.2, 0) is 9.47 Å². The summed E-state index contributed by atoms with van der Waals surface area (Å²) >= 11 is 0. The second-order valence-corrected chi connectivity index (χ2v) is 6.80. The van der Waals surface area contributed by atoms with Crippen molar-refractivity contribution in [2.45, 2.75) is 12.2 Å². The summed E-state index contributed by atoms with van der Waals surface area (Å²) in [7, 11) is 0. The molecule has 2 heterocycles. The van der Waals surface area contributed by atoms with Gasteiger partial charge >= 0.3 is 5.97 Å². The molecule has 2 unspecified atom stereocenters. The zero-order valence-electron chi connectivity index (χ0n) is 14.6. The largest absolute Gasteiger partial charge is 0.423 e. The van der Waals surface area contributed by atoms with Crippen molar-refractivity contribution < 1.29 is 19.0 Å². The molecule has 0 amide bonds. The Balaban J connectivity index is 1.26. The van der Waals surface area contributed by atoms with Crippen LogP contribution in [0.5, 0.6) is 5.75 Å². The Kier molecular flexibility index (Phi) is 4.00. The second kappa shape index (κ2) is 6.65. The lowest BCUT2D eigenvalue weighted by Gasteiger charge is -2.07. The minimum atomic E-state index is -0.363. The molecular formula is C23H18O4. The lowest BCUT2D eigenvalue weighted by molar-refractivity contribution is 0.0735. The van der Waals surface area contributed by atoms with E-state index in [1.807, 2.05) is 24.3 Å². The average molecular weight is 358 g/mol. The molecule has 3 aromatic rings. The molecule has 0 aliphatic carbocycles. The van der Waals surface area contributed by atoms with Crippen LogP contribution in [-0.4, -0.2) is 19.2 Å². The van der Waals surface area contributed by atoms with Gasteiger partial charge in [-0.3, -0.25) is 0 Å². The van der Waals surface area contributed by atoms with Crippen LogP contribution in [0.25, 0.3) is 11.1 Å². The molecule has 0 bridgehead atoms. The van der Waals surface area contributed by atoms with E-state index in [2.05, 4.69) is 24.3 Å². The van der Waals surface area contributed by atoms with Gasteiger partial charge in [0.25, 0.3) is 0 Å². The van der Waals surface area contributed by atoms with E-state index in [1.54, 1.807) is 24.3 Å². The second-order valence-electron chi connectivity index (χ2n) is 6.80. The molecule has 134 valence electrons. The van der Waals surface area contributed by atoms with E-state index in [9.17, 15) is 4.79 Å². The zero-order valence-corrected chi connectivity index (χ0v) is 14.6. The summed E-state index contributed by atoms with van der Waals surface area (Å²) in [6.07, 6.45) is 0.468. The summed E-state index contributed by atoms with van der Waals surface area (Å²) in [5.41, 5.74) is 5.01. The molecule has 0 N–H and O–H groups in total. The fraction of sp³-hybridized carbons (Fsp3) is 0.174. The molecule has 4 nitrogen and oxygen atoms in total. The quantitative estimate of drug-likeness (QED) is 0.376. The van der Waals surface area contributed by atoms with Crippen molar-refractivity contribution in [3.8, 4) is 16.9 Å². The first-order valence-corrected chi connectivity index (χ1v) is 9.02. The summed E-state index contributed by atoms with van der Waals surface area (Å²) in [4.78, 5) is 12.4. The topological polar surface area (TPSA) is 51.4 Å². The van der Waals surface area contributed by atoms with Crippen LogP contribution in [0.2, 0.25) is 0 Å². The van der Waals surface area contributed by atoms with Crippen molar-refractivity contribution in [1.82, 2.24) is 0 Å². The number of benzene rings is 3.